The molecular weight excluding hydrogens is 332 g/mol. The van der Waals surface area contributed by atoms with Gasteiger partial charge in [0.25, 0.3) is 0 Å². The van der Waals surface area contributed by atoms with Crippen molar-refractivity contribution in [2.75, 3.05) is 0 Å². The van der Waals surface area contributed by atoms with Crippen molar-refractivity contribution in [3.8, 4) is 11.5 Å². The van der Waals surface area contributed by atoms with Crippen LogP contribution in [0.4, 0.5) is 0 Å². The minimum absolute atomic E-state index is 0.118. The van der Waals surface area contributed by atoms with Crippen molar-refractivity contribution in [1.82, 2.24) is 0 Å². The van der Waals surface area contributed by atoms with Gasteiger partial charge in [0, 0.05) is 5.02 Å². The Kier molecular flexibility index (Phi) is 4.12. The van der Waals surface area contributed by atoms with Crippen LogP contribution in [-0.2, 0) is 0 Å². The molecule has 0 aliphatic carbocycles. The zero-order valence-corrected chi connectivity index (χ0v) is 12.3. The number of hydrogen-bond acceptors (Lipinski definition) is 2. The first-order valence-electron chi connectivity index (χ1n) is 5.44. The van der Waals surface area contributed by atoms with Crippen LogP contribution in [0.2, 0.25) is 5.02 Å². The third-order valence-corrected chi connectivity index (χ3v) is 3.34. The third-order valence-electron chi connectivity index (χ3n) is 2.48. The van der Waals surface area contributed by atoms with Gasteiger partial charge in [-0.25, -0.2) is 4.79 Å². The highest BCUT2D eigenvalue weighted by molar-refractivity contribution is 9.10. The van der Waals surface area contributed by atoms with Crippen molar-refractivity contribution < 1.29 is 14.6 Å². The predicted octanol–water partition coefficient (Wildman–Crippen LogP) is 4.90. The lowest BCUT2D eigenvalue weighted by Crippen LogP contribution is -2.00. The van der Waals surface area contributed by atoms with Crippen LogP contribution in [0.3, 0.4) is 0 Å². The van der Waals surface area contributed by atoms with E-state index < -0.39 is 5.97 Å². The third kappa shape index (κ3) is 3.28. The number of hydrogen-bond donors (Lipinski definition) is 1. The van der Waals surface area contributed by atoms with E-state index in [1.807, 2.05) is 6.92 Å². The molecule has 0 fully saturated rings. The summed E-state index contributed by atoms with van der Waals surface area (Å²) in [6.07, 6.45) is 0. The van der Waals surface area contributed by atoms with Gasteiger partial charge in [0.05, 0.1) is 4.47 Å². The van der Waals surface area contributed by atoms with Gasteiger partial charge in [-0.2, -0.15) is 0 Å². The summed E-state index contributed by atoms with van der Waals surface area (Å²) in [7, 11) is 0. The van der Waals surface area contributed by atoms with E-state index in [0.29, 0.717) is 21.0 Å². The van der Waals surface area contributed by atoms with Crippen molar-refractivity contribution in [2.24, 2.45) is 0 Å². The molecule has 19 heavy (non-hydrogen) atoms. The Bertz CT molecular complexity index is 641. The summed E-state index contributed by atoms with van der Waals surface area (Å²) in [5, 5.41) is 9.71. The molecule has 0 unspecified atom stereocenters. The van der Waals surface area contributed by atoms with Gasteiger partial charge in [0.2, 0.25) is 0 Å². The summed E-state index contributed by atoms with van der Waals surface area (Å²) in [6.45, 7) is 1.87. The number of carboxylic acid groups (broad SMARTS) is 1. The first kappa shape index (κ1) is 13.9. The minimum Gasteiger partial charge on any atom is -0.478 e. The van der Waals surface area contributed by atoms with Crippen LogP contribution in [-0.4, -0.2) is 11.1 Å². The van der Waals surface area contributed by atoms with Crippen molar-refractivity contribution in [1.29, 1.82) is 0 Å². The van der Waals surface area contributed by atoms with Crippen molar-refractivity contribution in [3.05, 3.63) is 57.0 Å². The van der Waals surface area contributed by atoms with Crippen molar-refractivity contribution in [2.45, 2.75) is 6.92 Å². The van der Waals surface area contributed by atoms with Crippen LogP contribution in [0.1, 0.15) is 15.9 Å². The second-order valence-electron chi connectivity index (χ2n) is 3.98. The van der Waals surface area contributed by atoms with Gasteiger partial charge in [-0.05, 0) is 58.7 Å². The highest BCUT2D eigenvalue weighted by Gasteiger charge is 2.13. The van der Waals surface area contributed by atoms with Crippen LogP contribution in [0.15, 0.2) is 40.9 Å². The number of halogens is 2. The summed E-state index contributed by atoms with van der Waals surface area (Å²) in [5.74, 6) is -0.215. The Labute approximate surface area is 123 Å². The molecule has 0 aliphatic heterocycles. The minimum atomic E-state index is -1.03. The molecule has 0 aromatic heterocycles. The summed E-state index contributed by atoms with van der Waals surface area (Å²) in [4.78, 5) is 11.1. The molecule has 0 heterocycles. The predicted molar refractivity (Wildman–Crippen MR) is 77.4 cm³/mol. The zero-order chi connectivity index (χ0) is 14.0. The van der Waals surface area contributed by atoms with E-state index in [0.717, 1.165) is 5.56 Å². The van der Waals surface area contributed by atoms with Gasteiger partial charge < -0.3 is 9.84 Å². The van der Waals surface area contributed by atoms with Gasteiger partial charge in [-0.3, -0.25) is 0 Å². The van der Waals surface area contributed by atoms with E-state index in [1.165, 1.54) is 6.07 Å². The fourth-order valence-corrected chi connectivity index (χ4v) is 2.33. The molecule has 3 nitrogen and oxygen atoms in total. The van der Waals surface area contributed by atoms with E-state index in [-0.39, 0.29) is 5.56 Å². The molecule has 2 rings (SSSR count). The SMILES string of the molecule is Cc1ccc(C(=O)O)c(Oc2ccc(Cl)cc2Br)c1. The highest BCUT2D eigenvalue weighted by atomic mass is 79.9. The Morgan fingerprint density at radius 1 is 1.21 bits per heavy atom. The first-order chi connectivity index (χ1) is 8.97. The smallest absolute Gasteiger partial charge is 0.339 e. The van der Waals surface area contributed by atoms with Gasteiger partial charge in [0.1, 0.15) is 17.1 Å². The summed E-state index contributed by atoms with van der Waals surface area (Å²) in [6, 6.07) is 9.99. The van der Waals surface area contributed by atoms with E-state index in [1.54, 1.807) is 30.3 Å². The molecule has 0 radical (unpaired) electrons. The second-order valence-corrected chi connectivity index (χ2v) is 5.27. The first-order valence-corrected chi connectivity index (χ1v) is 6.61. The highest BCUT2D eigenvalue weighted by Crippen LogP contribution is 2.33. The summed E-state index contributed by atoms with van der Waals surface area (Å²) in [5.41, 5.74) is 1.04. The molecule has 98 valence electrons. The van der Waals surface area contributed by atoms with Gasteiger partial charge >= 0.3 is 5.97 Å². The molecular formula is C14H10BrClO3. The average molecular weight is 342 g/mol. The fourth-order valence-electron chi connectivity index (χ4n) is 1.57. The lowest BCUT2D eigenvalue weighted by atomic mass is 10.1. The van der Waals surface area contributed by atoms with Gasteiger partial charge in [0.15, 0.2) is 0 Å². The lowest BCUT2D eigenvalue weighted by molar-refractivity contribution is 0.0694. The molecule has 0 atom stereocenters. The largest absolute Gasteiger partial charge is 0.478 e. The Morgan fingerprint density at radius 3 is 2.58 bits per heavy atom. The molecule has 0 saturated carbocycles. The van der Waals surface area contributed by atoms with Crippen LogP contribution >= 0.6 is 27.5 Å². The van der Waals surface area contributed by atoms with E-state index in [2.05, 4.69) is 15.9 Å². The number of aryl methyl sites for hydroxylation is 1. The zero-order valence-electron chi connectivity index (χ0n) is 9.98. The molecule has 2 aromatic rings. The summed E-state index contributed by atoms with van der Waals surface area (Å²) >= 11 is 9.18. The van der Waals surface area contributed by atoms with E-state index in [9.17, 15) is 4.79 Å². The van der Waals surface area contributed by atoms with Crippen LogP contribution in [0.25, 0.3) is 0 Å². The second kappa shape index (κ2) is 5.63. The quantitative estimate of drug-likeness (QED) is 0.863. The number of benzene rings is 2. The molecule has 0 saturated heterocycles. The molecule has 2 aromatic carbocycles. The van der Waals surface area contributed by atoms with Gasteiger partial charge in [-0.15, -0.1) is 0 Å². The number of aromatic carboxylic acids is 1. The van der Waals surface area contributed by atoms with Crippen LogP contribution < -0.4 is 4.74 Å². The maximum absolute atomic E-state index is 11.1. The number of rotatable bonds is 3. The lowest BCUT2D eigenvalue weighted by Gasteiger charge is -2.11. The molecule has 0 bridgehead atoms. The Balaban J connectivity index is 2.42. The van der Waals surface area contributed by atoms with E-state index in [4.69, 9.17) is 21.4 Å². The average Bonchev–Trinajstić information content (AvgIpc) is 2.32. The topological polar surface area (TPSA) is 46.5 Å². The number of carbonyl (C=O) groups is 1. The fraction of sp³-hybridized carbons (Fsp3) is 0.0714. The standard InChI is InChI=1S/C14H10BrClO3/c1-8-2-4-10(14(17)18)13(6-8)19-12-5-3-9(16)7-11(12)15/h2-7H,1H3,(H,17,18). The maximum Gasteiger partial charge on any atom is 0.339 e. The number of ether oxygens (including phenoxy) is 1. The maximum atomic E-state index is 11.1. The van der Waals surface area contributed by atoms with Crippen molar-refractivity contribution in [3.63, 3.8) is 0 Å². The normalized spacial score (nSPS) is 10.3. The molecule has 1 N–H and O–H groups in total. The monoisotopic (exact) mass is 340 g/mol. The summed E-state index contributed by atoms with van der Waals surface area (Å²) < 4.78 is 6.32. The molecule has 0 aliphatic rings. The Hall–Kier alpha value is -1.52. The molecule has 0 spiro atoms. The van der Waals surface area contributed by atoms with Crippen LogP contribution in [0.5, 0.6) is 11.5 Å². The van der Waals surface area contributed by atoms with Crippen LogP contribution in [0, 0.1) is 6.92 Å². The van der Waals surface area contributed by atoms with Crippen molar-refractivity contribution >= 4 is 33.5 Å². The van der Waals surface area contributed by atoms with E-state index >= 15 is 0 Å². The number of carboxylic acids is 1. The Morgan fingerprint density at radius 2 is 1.95 bits per heavy atom. The van der Waals surface area contributed by atoms with Gasteiger partial charge in [-0.1, -0.05) is 17.7 Å². The molecule has 0 amide bonds. The molecule has 5 heteroatoms.